The molecular weight excluding hydrogens is 216 g/mol. The van der Waals surface area contributed by atoms with Gasteiger partial charge in [0.2, 0.25) is 0 Å². The second-order valence-electron chi connectivity index (χ2n) is 3.40. The van der Waals surface area contributed by atoms with E-state index in [1.54, 1.807) is 6.92 Å². The summed E-state index contributed by atoms with van der Waals surface area (Å²) >= 11 is 0. The SMILES string of the molecule is COC(=O)[C@H](C)NCc1cc(F)cc(F)c1. The Labute approximate surface area is 92.4 Å². The van der Waals surface area contributed by atoms with Gasteiger partial charge in [0.15, 0.2) is 0 Å². The predicted molar refractivity (Wildman–Crippen MR) is 54.7 cm³/mol. The first-order valence-electron chi connectivity index (χ1n) is 4.79. The third-order valence-electron chi connectivity index (χ3n) is 2.09. The Morgan fingerprint density at radius 3 is 2.44 bits per heavy atom. The molecule has 1 aromatic carbocycles. The smallest absolute Gasteiger partial charge is 0.322 e. The highest BCUT2D eigenvalue weighted by Gasteiger charge is 2.12. The molecule has 0 heterocycles. The van der Waals surface area contributed by atoms with Crippen LogP contribution in [0.2, 0.25) is 0 Å². The molecule has 88 valence electrons. The number of ether oxygens (including phenoxy) is 1. The molecule has 0 unspecified atom stereocenters. The van der Waals surface area contributed by atoms with Gasteiger partial charge >= 0.3 is 5.97 Å². The van der Waals surface area contributed by atoms with E-state index in [-0.39, 0.29) is 6.54 Å². The van der Waals surface area contributed by atoms with Crippen molar-refractivity contribution in [2.24, 2.45) is 0 Å². The second-order valence-corrected chi connectivity index (χ2v) is 3.40. The lowest BCUT2D eigenvalue weighted by Gasteiger charge is -2.11. The first-order chi connectivity index (χ1) is 7.52. The summed E-state index contributed by atoms with van der Waals surface area (Å²) in [6, 6.07) is 2.70. The van der Waals surface area contributed by atoms with Gasteiger partial charge in [-0.15, -0.1) is 0 Å². The fourth-order valence-electron chi connectivity index (χ4n) is 1.24. The summed E-state index contributed by atoms with van der Waals surface area (Å²) in [5.74, 6) is -1.69. The number of methoxy groups -OCH3 is 1. The largest absolute Gasteiger partial charge is 0.468 e. The van der Waals surface area contributed by atoms with Crippen molar-refractivity contribution in [3.8, 4) is 0 Å². The summed E-state index contributed by atoms with van der Waals surface area (Å²) in [5, 5.41) is 2.80. The highest BCUT2D eigenvalue weighted by atomic mass is 19.1. The average Bonchev–Trinajstić information content (AvgIpc) is 2.23. The molecule has 0 aliphatic heterocycles. The number of hydrogen-bond donors (Lipinski definition) is 1. The van der Waals surface area contributed by atoms with Gasteiger partial charge < -0.3 is 10.1 Å². The van der Waals surface area contributed by atoms with Crippen molar-refractivity contribution in [2.45, 2.75) is 19.5 Å². The number of carbonyl (C=O) groups excluding carboxylic acids is 1. The van der Waals surface area contributed by atoms with Gasteiger partial charge in [-0.2, -0.15) is 0 Å². The van der Waals surface area contributed by atoms with Crippen LogP contribution in [-0.2, 0) is 16.1 Å². The Morgan fingerprint density at radius 2 is 1.94 bits per heavy atom. The molecular formula is C11H13F2NO2. The minimum atomic E-state index is -0.637. The molecule has 0 aliphatic rings. The van der Waals surface area contributed by atoms with Crippen LogP contribution in [0.1, 0.15) is 12.5 Å². The number of carbonyl (C=O) groups is 1. The van der Waals surface area contributed by atoms with Crippen LogP contribution in [0.25, 0.3) is 0 Å². The fraction of sp³-hybridized carbons (Fsp3) is 0.364. The van der Waals surface area contributed by atoms with Gasteiger partial charge in [0.1, 0.15) is 17.7 Å². The number of esters is 1. The molecule has 16 heavy (non-hydrogen) atoms. The van der Waals surface area contributed by atoms with E-state index in [1.165, 1.54) is 19.2 Å². The Kier molecular flexibility index (Phi) is 4.37. The minimum Gasteiger partial charge on any atom is -0.468 e. The molecule has 1 N–H and O–H groups in total. The van der Waals surface area contributed by atoms with Crippen LogP contribution in [0.3, 0.4) is 0 Å². The zero-order valence-electron chi connectivity index (χ0n) is 9.09. The first kappa shape index (κ1) is 12.6. The maximum Gasteiger partial charge on any atom is 0.322 e. The topological polar surface area (TPSA) is 38.3 Å². The Morgan fingerprint density at radius 1 is 1.38 bits per heavy atom. The Balaban J connectivity index is 2.57. The van der Waals surface area contributed by atoms with E-state index >= 15 is 0 Å². The lowest BCUT2D eigenvalue weighted by atomic mass is 10.2. The van der Waals surface area contributed by atoms with Crippen LogP contribution in [0.4, 0.5) is 8.78 Å². The lowest BCUT2D eigenvalue weighted by molar-refractivity contribution is -0.142. The second kappa shape index (κ2) is 5.55. The van der Waals surface area contributed by atoms with Crippen LogP contribution in [0.5, 0.6) is 0 Å². The molecule has 1 atom stereocenters. The van der Waals surface area contributed by atoms with Crippen LogP contribution in [-0.4, -0.2) is 19.1 Å². The van der Waals surface area contributed by atoms with Gasteiger partial charge in [0, 0.05) is 12.6 Å². The number of rotatable bonds is 4. The molecule has 0 radical (unpaired) electrons. The average molecular weight is 229 g/mol. The van der Waals surface area contributed by atoms with Crippen molar-refractivity contribution in [3.05, 3.63) is 35.4 Å². The van der Waals surface area contributed by atoms with E-state index in [0.29, 0.717) is 5.56 Å². The number of benzene rings is 1. The summed E-state index contributed by atoms with van der Waals surface area (Å²) in [6.45, 7) is 1.81. The van der Waals surface area contributed by atoms with E-state index < -0.39 is 23.6 Å². The molecule has 0 spiro atoms. The summed E-state index contributed by atoms with van der Waals surface area (Å²) in [4.78, 5) is 11.0. The molecule has 3 nitrogen and oxygen atoms in total. The Bertz CT molecular complexity index is 362. The summed E-state index contributed by atoms with van der Waals surface area (Å²) in [7, 11) is 1.28. The van der Waals surface area contributed by atoms with E-state index in [9.17, 15) is 13.6 Å². The van der Waals surface area contributed by atoms with Crippen molar-refractivity contribution in [1.29, 1.82) is 0 Å². The van der Waals surface area contributed by atoms with Crippen molar-refractivity contribution in [1.82, 2.24) is 5.32 Å². The minimum absolute atomic E-state index is 0.199. The molecule has 0 saturated heterocycles. The van der Waals surface area contributed by atoms with Gasteiger partial charge in [0.25, 0.3) is 0 Å². The zero-order chi connectivity index (χ0) is 12.1. The molecule has 0 aliphatic carbocycles. The zero-order valence-corrected chi connectivity index (χ0v) is 9.09. The van der Waals surface area contributed by atoms with E-state index in [1.807, 2.05) is 0 Å². The monoisotopic (exact) mass is 229 g/mol. The standard InChI is InChI=1S/C11H13F2NO2/c1-7(11(15)16-2)14-6-8-3-9(12)5-10(13)4-8/h3-5,7,14H,6H2,1-2H3/t7-/m0/s1. The van der Waals surface area contributed by atoms with E-state index in [4.69, 9.17) is 0 Å². The van der Waals surface area contributed by atoms with Crippen LogP contribution in [0, 0.1) is 11.6 Å². The van der Waals surface area contributed by atoms with Crippen LogP contribution >= 0.6 is 0 Å². The summed E-state index contributed by atoms with van der Waals surface area (Å²) in [6.07, 6.45) is 0. The molecule has 0 saturated carbocycles. The maximum atomic E-state index is 12.8. The summed E-state index contributed by atoms with van der Waals surface area (Å²) in [5.41, 5.74) is 0.438. The number of nitrogens with one attached hydrogen (secondary N) is 1. The Hall–Kier alpha value is -1.49. The predicted octanol–water partition coefficient (Wildman–Crippen LogP) is 1.62. The van der Waals surface area contributed by atoms with Gasteiger partial charge in [-0.05, 0) is 24.6 Å². The normalized spacial score (nSPS) is 12.2. The van der Waals surface area contributed by atoms with Crippen molar-refractivity contribution in [3.63, 3.8) is 0 Å². The third kappa shape index (κ3) is 3.58. The molecule has 0 amide bonds. The number of halogens is 2. The van der Waals surface area contributed by atoms with Crippen molar-refractivity contribution < 1.29 is 18.3 Å². The van der Waals surface area contributed by atoms with Gasteiger partial charge in [-0.3, -0.25) is 4.79 Å². The molecule has 0 bridgehead atoms. The maximum absolute atomic E-state index is 12.8. The van der Waals surface area contributed by atoms with Gasteiger partial charge in [-0.25, -0.2) is 8.78 Å². The van der Waals surface area contributed by atoms with E-state index in [0.717, 1.165) is 6.07 Å². The first-order valence-corrected chi connectivity index (χ1v) is 4.79. The fourth-order valence-corrected chi connectivity index (χ4v) is 1.24. The van der Waals surface area contributed by atoms with E-state index in [2.05, 4.69) is 10.1 Å². The molecule has 1 rings (SSSR count). The summed E-state index contributed by atoms with van der Waals surface area (Å²) < 4.78 is 30.1. The van der Waals surface area contributed by atoms with Gasteiger partial charge in [0.05, 0.1) is 7.11 Å². The molecule has 1 aromatic rings. The number of hydrogen-bond acceptors (Lipinski definition) is 3. The quantitative estimate of drug-likeness (QED) is 0.797. The highest BCUT2D eigenvalue weighted by molar-refractivity contribution is 5.75. The van der Waals surface area contributed by atoms with Crippen LogP contribution < -0.4 is 5.32 Å². The molecule has 0 fully saturated rings. The highest BCUT2D eigenvalue weighted by Crippen LogP contribution is 2.07. The lowest BCUT2D eigenvalue weighted by Crippen LogP contribution is -2.34. The van der Waals surface area contributed by atoms with Crippen molar-refractivity contribution >= 4 is 5.97 Å². The molecule has 0 aromatic heterocycles. The third-order valence-corrected chi connectivity index (χ3v) is 2.09. The van der Waals surface area contributed by atoms with Gasteiger partial charge in [-0.1, -0.05) is 0 Å². The van der Waals surface area contributed by atoms with Crippen molar-refractivity contribution in [2.75, 3.05) is 7.11 Å². The van der Waals surface area contributed by atoms with Crippen LogP contribution in [0.15, 0.2) is 18.2 Å². The molecule has 5 heteroatoms.